The molecule has 1 amide bonds. The summed E-state index contributed by atoms with van der Waals surface area (Å²) in [4.78, 5) is 28.0. The second-order valence-electron chi connectivity index (χ2n) is 8.28. The Morgan fingerprint density at radius 3 is 2.59 bits per heavy atom. The number of nitrogens with zero attached hydrogens (tertiary/aromatic N) is 4. The summed E-state index contributed by atoms with van der Waals surface area (Å²) >= 11 is 0. The first kappa shape index (κ1) is 21.6. The van der Waals surface area contributed by atoms with Gasteiger partial charge in [0.1, 0.15) is 5.52 Å². The van der Waals surface area contributed by atoms with Gasteiger partial charge in [0.15, 0.2) is 0 Å². The molecule has 5 rings (SSSR count). The summed E-state index contributed by atoms with van der Waals surface area (Å²) in [5.41, 5.74) is 5.15. The van der Waals surface area contributed by atoms with Crippen LogP contribution in [0.4, 0.5) is 23.0 Å². The van der Waals surface area contributed by atoms with Gasteiger partial charge in [-0.1, -0.05) is 18.7 Å². The van der Waals surface area contributed by atoms with E-state index in [1.54, 1.807) is 12.4 Å². The number of pyridine rings is 1. The molecule has 7 heteroatoms. The lowest BCUT2D eigenvalue weighted by Crippen LogP contribution is -2.29. The minimum absolute atomic E-state index is 0.261. The normalized spacial score (nSPS) is 13.5. The van der Waals surface area contributed by atoms with Crippen LogP contribution >= 0.6 is 0 Å². The predicted octanol–water partition coefficient (Wildman–Crippen LogP) is 5.55. The van der Waals surface area contributed by atoms with Crippen LogP contribution in [0.2, 0.25) is 0 Å². The van der Waals surface area contributed by atoms with Gasteiger partial charge in [-0.25, -0.2) is 9.97 Å². The third kappa shape index (κ3) is 4.73. The lowest BCUT2D eigenvalue weighted by molar-refractivity contribution is -0.111. The van der Waals surface area contributed by atoms with Crippen molar-refractivity contribution in [2.45, 2.75) is 19.3 Å². The molecule has 0 spiro atoms. The van der Waals surface area contributed by atoms with Gasteiger partial charge in [0.05, 0.1) is 5.69 Å². The van der Waals surface area contributed by atoms with Crippen LogP contribution in [0.15, 0.2) is 79.6 Å². The van der Waals surface area contributed by atoms with Gasteiger partial charge in [0.25, 0.3) is 0 Å². The molecule has 0 atom stereocenters. The zero-order chi connectivity index (χ0) is 23.3. The maximum Gasteiger partial charge on any atom is 0.247 e. The molecule has 1 aliphatic rings. The Labute approximate surface area is 198 Å². The van der Waals surface area contributed by atoms with Crippen LogP contribution in [0.1, 0.15) is 19.3 Å². The molecule has 3 heterocycles. The summed E-state index contributed by atoms with van der Waals surface area (Å²) in [6.45, 7) is 5.74. The summed E-state index contributed by atoms with van der Waals surface area (Å²) < 4.78 is 0. The summed E-state index contributed by atoms with van der Waals surface area (Å²) in [5, 5.41) is 6.99. The third-order valence-corrected chi connectivity index (χ3v) is 5.93. The number of benzene rings is 2. The molecule has 1 saturated heterocycles. The van der Waals surface area contributed by atoms with Crippen molar-refractivity contribution in [3.8, 4) is 11.3 Å². The van der Waals surface area contributed by atoms with E-state index in [1.165, 1.54) is 31.0 Å². The fraction of sp³-hybridized carbons (Fsp3) is 0.185. The summed E-state index contributed by atoms with van der Waals surface area (Å²) in [7, 11) is 0. The Balaban J connectivity index is 1.41. The number of amides is 1. The van der Waals surface area contributed by atoms with Gasteiger partial charge in [-0.05, 0) is 67.8 Å². The number of hydrogen-bond donors (Lipinski definition) is 2. The van der Waals surface area contributed by atoms with Crippen LogP contribution in [0.5, 0.6) is 0 Å². The SMILES string of the molecule is C=CC(=O)Nc1cccc(-c2nccc3cnc(Nc4ccc(N5CCCCC5)cc4)nc23)c1. The molecule has 0 radical (unpaired) electrons. The number of fused-ring (bicyclic) bond motifs is 1. The monoisotopic (exact) mass is 450 g/mol. The number of anilines is 4. The van der Waals surface area contributed by atoms with Crippen molar-refractivity contribution in [2.75, 3.05) is 28.6 Å². The minimum atomic E-state index is -0.261. The fourth-order valence-electron chi connectivity index (χ4n) is 4.20. The first-order valence-corrected chi connectivity index (χ1v) is 11.5. The van der Waals surface area contributed by atoms with E-state index in [1.807, 2.05) is 30.3 Å². The summed E-state index contributed by atoms with van der Waals surface area (Å²) in [6, 6.07) is 17.8. The smallest absolute Gasteiger partial charge is 0.247 e. The highest BCUT2D eigenvalue weighted by atomic mass is 16.1. The molecule has 1 fully saturated rings. The molecule has 7 nitrogen and oxygen atoms in total. The molecule has 0 bridgehead atoms. The van der Waals surface area contributed by atoms with E-state index in [-0.39, 0.29) is 5.91 Å². The second-order valence-corrected chi connectivity index (χ2v) is 8.28. The zero-order valence-electron chi connectivity index (χ0n) is 18.9. The van der Waals surface area contributed by atoms with E-state index >= 15 is 0 Å². The van der Waals surface area contributed by atoms with Gasteiger partial charge >= 0.3 is 0 Å². The van der Waals surface area contributed by atoms with Gasteiger partial charge in [-0.2, -0.15) is 0 Å². The van der Waals surface area contributed by atoms with Crippen molar-refractivity contribution in [3.05, 3.63) is 79.6 Å². The highest BCUT2D eigenvalue weighted by molar-refractivity contribution is 5.99. The average Bonchev–Trinajstić information content (AvgIpc) is 2.89. The molecular formula is C27H26N6O. The predicted molar refractivity (Wildman–Crippen MR) is 137 cm³/mol. The molecule has 1 aliphatic heterocycles. The number of aromatic nitrogens is 3. The second kappa shape index (κ2) is 9.70. The van der Waals surface area contributed by atoms with Gasteiger partial charge < -0.3 is 15.5 Å². The van der Waals surface area contributed by atoms with Crippen LogP contribution in [0.25, 0.3) is 22.2 Å². The fourth-order valence-corrected chi connectivity index (χ4v) is 4.20. The minimum Gasteiger partial charge on any atom is -0.372 e. The molecular weight excluding hydrogens is 424 g/mol. The van der Waals surface area contributed by atoms with E-state index in [2.05, 4.69) is 56.3 Å². The average molecular weight is 451 g/mol. The number of rotatable bonds is 6. The van der Waals surface area contributed by atoms with Crippen LogP contribution in [-0.2, 0) is 4.79 Å². The Bertz CT molecular complexity index is 1330. The zero-order valence-corrected chi connectivity index (χ0v) is 18.9. The van der Waals surface area contributed by atoms with Crippen molar-refractivity contribution in [1.82, 2.24) is 15.0 Å². The molecule has 4 aromatic rings. The highest BCUT2D eigenvalue weighted by Gasteiger charge is 2.12. The van der Waals surface area contributed by atoms with Gasteiger partial charge in [0, 0.05) is 53.5 Å². The van der Waals surface area contributed by atoms with Crippen LogP contribution < -0.4 is 15.5 Å². The molecule has 0 aliphatic carbocycles. The largest absolute Gasteiger partial charge is 0.372 e. The number of piperidine rings is 1. The maximum absolute atomic E-state index is 11.7. The van der Waals surface area contributed by atoms with Crippen LogP contribution in [0.3, 0.4) is 0 Å². The number of carbonyl (C=O) groups is 1. The van der Waals surface area contributed by atoms with E-state index in [0.717, 1.165) is 40.9 Å². The van der Waals surface area contributed by atoms with Gasteiger partial charge in [-0.3, -0.25) is 9.78 Å². The molecule has 0 unspecified atom stereocenters. The Kier molecular flexibility index (Phi) is 6.16. The quantitative estimate of drug-likeness (QED) is 0.375. The van der Waals surface area contributed by atoms with Crippen molar-refractivity contribution in [2.24, 2.45) is 0 Å². The van der Waals surface area contributed by atoms with Gasteiger partial charge in [0.2, 0.25) is 11.9 Å². The lowest BCUT2D eigenvalue weighted by atomic mass is 10.1. The molecule has 170 valence electrons. The molecule has 2 N–H and O–H groups in total. The highest BCUT2D eigenvalue weighted by Crippen LogP contribution is 2.28. The van der Waals surface area contributed by atoms with Gasteiger partial charge in [-0.15, -0.1) is 0 Å². The van der Waals surface area contributed by atoms with Crippen LogP contribution in [-0.4, -0.2) is 33.9 Å². The van der Waals surface area contributed by atoms with E-state index < -0.39 is 0 Å². The molecule has 2 aromatic heterocycles. The number of nitrogens with one attached hydrogen (secondary N) is 2. The van der Waals surface area contributed by atoms with Crippen molar-refractivity contribution < 1.29 is 4.79 Å². The van der Waals surface area contributed by atoms with Crippen molar-refractivity contribution in [3.63, 3.8) is 0 Å². The van der Waals surface area contributed by atoms with E-state index in [0.29, 0.717) is 11.6 Å². The number of hydrogen-bond acceptors (Lipinski definition) is 6. The Hall–Kier alpha value is -4.26. The first-order chi connectivity index (χ1) is 16.7. The number of carbonyl (C=O) groups excluding carboxylic acids is 1. The van der Waals surface area contributed by atoms with Crippen molar-refractivity contribution in [1.29, 1.82) is 0 Å². The standard InChI is InChI=1S/C27H26N6O/c1-2-24(34)30-22-8-6-7-19(17-22)25-26-20(13-14-28-25)18-29-27(32-26)31-21-9-11-23(12-10-21)33-15-4-3-5-16-33/h2,6-14,17-18H,1,3-5,15-16H2,(H,30,34)(H,29,31,32). The molecule has 2 aromatic carbocycles. The summed E-state index contributed by atoms with van der Waals surface area (Å²) in [6.07, 6.45) is 8.60. The van der Waals surface area contributed by atoms with Crippen LogP contribution in [0, 0.1) is 0 Å². The van der Waals surface area contributed by atoms with E-state index in [4.69, 9.17) is 4.98 Å². The Morgan fingerprint density at radius 1 is 0.971 bits per heavy atom. The first-order valence-electron chi connectivity index (χ1n) is 11.5. The molecule has 0 saturated carbocycles. The maximum atomic E-state index is 11.7. The van der Waals surface area contributed by atoms with Crippen molar-refractivity contribution >= 4 is 39.8 Å². The van der Waals surface area contributed by atoms with E-state index in [9.17, 15) is 4.79 Å². The Morgan fingerprint density at radius 2 is 1.79 bits per heavy atom. The lowest BCUT2D eigenvalue weighted by Gasteiger charge is -2.28. The molecule has 34 heavy (non-hydrogen) atoms. The summed E-state index contributed by atoms with van der Waals surface area (Å²) in [5.74, 6) is 0.242. The topological polar surface area (TPSA) is 83.0 Å². The third-order valence-electron chi connectivity index (χ3n) is 5.93.